The zero-order valence-corrected chi connectivity index (χ0v) is 11.9. The Bertz CT molecular complexity index is 726. The van der Waals surface area contributed by atoms with E-state index in [2.05, 4.69) is 10.1 Å². The average molecular weight is 307 g/mol. The summed E-state index contributed by atoms with van der Waals surface area (Å²) in [6.45, 7) is 0. The zero-order chi connectivity index (χ0) is 13.9. The summed E-state index contributed by atoms with van der Waals surface area (Å²) in [5.41, 5.74) is 6.54. The van der Waals surface area contributed by atoms with Gasteiger partial charge in [0.2, 0.25) is 0 Å². The summed E-state index contributed by atoms with van der Waals surface area (Å²) >= 11 is 2.74. The van der Waals surface area contributed by atoms with Gasteiger partial charge < -0.3 is 10.3 Å². The van der Waals surface area contributed by atoms with Crippen LogP contribution in [0.4, 0.5) is 9.39 Å². The largest absolute Gasteiger partial charge is 0.390 e. The second-order valence-electron chi connectivity index (χ2n) is 3.93. The number of anilines is 1. The van der Waals surface area contributed by atoms with E-state index >= 15 is 0 Å². The van der Waals surface area contributed by atoms with Crippen LogP contribution in [-0.2, 0) is 5.75 Å². The van der Waals surface area contributed by atoms with Crippen molar-refractivity contribution in [2.45, 2.75) is 10.6 Å². The number of nitrogen functional groups attached to an aromatic ring is 1. The molecule has 0 atom stereocenters. The first kappa shape index (κ1) is 13.1. The molecule has 0 aliphatic heterocycles. The molecule has 3 aromatic rings. The molecule has 0 radical (unpaired) electrons. The average Bonchev–Trinajstić information content (AvgIpc) is 3.06. The Morgan fingerprint density at radius 1 is 1.30 bits per heavy atom. The fourth-order valence-corrected chi connectivity index (χ4v) is 3.04. The number of hydrogen-bond acceptors (Lipinski definition) is 6. The summed E-state index contributed by atoms with van der Waals surface area (Å²) in [6.07, 6.45) is 0. The summed E-state index contributed by atoms with van der Waals surface area (Å²) in [6, 6.07) is 8.43. The predicted octanol–water partition coefficient (Wildman–Crippen LogP) is 3.81. The van der Waals surface area contributed by atoms with Crippen molar-refractivity contribution >= 4 is 28.1 Å². The second kappa shape index (κ2) is 5.64. The summed E-state index contributed by atoms with van der Waals surface area (Å²) in [5, 5.41) is 6.38. The maximum atomic E-state index is 13.5. The van der Waals surface area contributed by atoms with E-state index in [1.165, 1.54) is 29.2 Å². The lowest BCUT2D eigenvalue weighted by Gasteiger charge is -1.99. The smallest absolute Gasteiger partial charge is 0.260 e. The van der Waals surface area contributed by atoms with E-state index in [1.54, 1.807) is 18.2 Å². The molecule has 0 fully saturated rings. The normalized spacial score (nSPS) is 10.8. The first-order chi connectivity index (χ1) is 9.74. The molecule has 0 saturated heterocycles. The number of rotatable bonds is 4. The SMILES string of the molecule is Nc1sccc1-c1nc(CSc2ccccc2F)no1. The van der Waals surface area contributed by atoms with E-state index in [0.29, 0.717) is 27.4 Å². The van der Waals surface area contributed by atoms with Crippen molar-refractivity contribution in [1.82, 2.24) is 10.1 Å². The van der Waals surface area contributed by atoms with Crippen LogP contribution < -0.4 is 5.73 Å². The molecule has 7 heteroatoms. The molecule has 0 aliphatic carbocycles. The van der Waals surface area contributed by atoms with Crippen molar-refractivity contribution in [1.29, 1.82) is 0 Å². The Balaban J connectivity index is 1.72. The Hall–Kier alpha value is -1.86. The fourth-order valence-electron chi connectivity index (χ4n) is 1.62. The number of hydrogen-bond donors (Lipinski definition) is 1. The molecule has 3 rings (SSSR count). The third-order valence-corrected chi connectivity index (χ3v) is 4.38. The van der Waals surface area contributed by atoms with Crippen LogP contribution in [0.15, 0.2) is 45.1 Å². The van der Waals surface area contributed by atoms with Gasteiger partial charge in [0.25, 0.3) is 5.89 Å². The van der Waals surface area contributed by atoms with Crippen molar-refractivity contribution in [3.05, 3.63) is 47.4 Å². The molecule has 0 spiro atoms. The molecular weight excluding hydrogens is 297 g/mol. The number of nitrogens with zero attached hydrogens (tertiary/aromatic N) is 2. The molecule has 2 aromatic heterocycles. The third-order valence-electron chi connectivity index (χ3n) is 2.59. The quantitative estimate of drug-likeness (QED) is 0.742. The minimum absolute atomic E-state index is 0.247. The highest BCUT2D eigenvalue weighted by Gasteiger charge is 2.13. The van der Waals surface area contributed by atoms with Crippen LogP contribution >= 0.6 is 23.1 Å². The number of thioether (sulfide) groups is 1. The molecule has 0 amide bonds. The van der Waals surface area contributed by atoms with Crippen LogP contribution in [0.1, 0.15) is 5.82 Å². The van der Waals surface area contributed by atoms with Crippen LogP contribution in [-0.4, -0.2) is 10.1 Å². The third kappa shape index (κ3) is 2.68. The molecule has 2 N–H and O–H groups in total. The molecule has 0 aliphatic rings. The molecule has 2 heterocycles. The fraction of sp³-hybridized carbons (Fsp3) is 0.0769. The van der Waals surface area contributed by atoms with Crippen molar-refractivity contribution in [3.8, 4) is 11.5 Å². The highest BCUT2D eigenvalue weighted by molar-refractivity contribution is 7.98. The topological polar surface area (TPSA) is 64.9 Å². The zero-order valence-electron chi connectivity index (χ0n) is 10.2. The summed E-state index contributed by atoms with van der Waals surface area (Å²) in [4.78, 5) is 4.83. The lowest BCUT2D eigenvalue weighted by Crippen LogP contribution is -1.87. The number of nitrogens with two attached hydrogens (primary N) is 1. The van der Waals surface area contributed by atoms with Gasteiger partial charge in [-0.1, -0.05) is 17.3 Å². The van der Waals surface area contributed by atoms with E-state index in [1.807, 2.05) is 11.4 Å². The van der Waals surface area contributed by atoms with Crippen molar-refractivity contribution < 1.29 is 8.91 Å². The Kier molecular flexibility index (Phi) is 3.70. The summed E-state index contributed by atoms with van der Waals surface area (Å²) in [7, 11) is 0. The van der Waals surface area contributed by atoms with Gasteiger partial charge in [0, 0.05) is 4.90 Å². The maximum Gasteiger partial charge on any atom is 0.260 e. The molecule has 0 saturated carbocycles. The number of aromatic nitrogens is 2. The highest BCUT2D eigenvalue weighted by Crippen LogP contribution is 2.30. The monoisotopic (exact) mass is 307 g/mol. The van der Waals surface area contributed by atoms with Gasteiger partial charge in [-0.15, -0.1) is 23.1 Å². The minimum Gasteiger partial charge on any atom is -0.390 e. The molecule has 20 heavy (non-hydrogen) atoms. The van der Waals surface area contributed by atoms with Crippen molar-refractivity contribution in [2.75, 3.05) is 5.73 Å². The minimum atomic E-state index is -0.247. The Morgan fingerprint density at radius 2 is 2.15 bits per heavy atom. The molecule has 0 unspecified atom stereocenters. The number of thiophene rings is 1. The number of halogens is 1. The Labute approximate surface area is 122 Å². The standard InChI is InChI=1S/C13H10FN3OS2/c14-9-3-1-2-4-10(9)20-7-11-16-13(18-17-11)8-5-6-19-12(8)15/h1-6H,7,15H2. The van der Waals surface area contributed by atoms with Gasteiger partial charge >= 0.3 is 0 Å². The van der Waals surface area contributed by atoms with Gasteiger partial charge in [0.15, 0.2) is 5.82 Å². The molecule has 1 aromatic carbocycles. The van der Waals surface area contributed by atoms with E-state index in [9.17, 15) is 4.39 Å². The van der Waals surface area contributed by atoms with Crippen molar-refractivity contribution in [3.63, 3.8) is 0 Å². The number of benzene rings is 1. The van der Waals surface area contributed by atoms with E-state index in [-0.39, 0.29) is 5.82 Å². The predicted molar refractivity (Wildman–Crippen MR) is 78.0 cm³/mol. The molecule has 102 valence electrons. The summed E-state index contributed by atoms with van der Waals surface area (Å²) < 4.78 is 18.6. The van der Waals surface area contributed by atoms with Crippen molar-refractivity contribution in [2.24, 2.45) is 0 Å². The van der Waals surface area contributed by atoms with Gasteiger partial charge in [-0.2, -0.15) is 4.98 Å². The van der Waals surface area contributed by atoms with Gasteiger partial charge in [-0.3, -0.25) is 0 Å². The van der Waals surface area contributed by atoms with Gasteiger partial charge in [0.05, 0.1) is 16.3 Å². The van der Waals surface area contributed by atoms with Gasteiger partial charge in [-0.05, 0) is 23.6 Å². The maximum absolute atomic E-state index is 13.5. The van der Waals surface area contributed by atoms with Crippen LogP contribution in [0.3, 0.4) is 0 Å². The van der Waals surface area contributed by atoms with E-state index in [4.69, 9.17) is 10.3 Å². The van der Waals surface area contributed by atoms with Crippen LogP contribution in [0.25, 0.3) is 11.5 Å². The lowest BCUT2D eigenvalue weighted by molar-refractivity contribution is 0.425. The second-order valence-corrected chi connectivity index (χ2v) is 5.90. The van der Waals surface area contributed by atoms with E-state index < -0.39 is 0 Å². The van der Waals surface area contributed by atoms with Gasteiger partial charge in [0.1, 0.15) is 5.82 Å². The first-order valence-corrected chi connectivity index (χ1v) is 7.64. The first-order valence-electron chi connectivity index (χ1n) is 5.77. The van der Waals surface area contributed by atoms with Crippen LogP contribution in [0, 0.1) is 5.82 Å². The van der Waals surface area contributed by atoms with Crippen LogP contribution in [0.5, 0.6) is 0 Å². The molecular formula is C13H10FN3OS2. The molecule has 4 nitrogen and oxygen atoms in total. The van der Waals surface area contributed by atoms with Gasteiger partial charge in [-0.25, -0.2) is 4.39 Å². The lowest BCUT2D eigenvalue weighted by atomic mass is 10.3. The highest BCUT2D eigenvalue weighted by atomic mass is 32.2. The van der Waals surface area contributed by atoms with E-state index in [0.717, 1.165) is 5.56 Å². The Morgan fingerprint density at radius 3 is 2.90 bits per heavy atom. The summed E-state index contributed by atoms with van der Waals surface area (Å²) in [5.74, 6) is 1.10. The van der Waals surface area contributed by atoms with Crippen LogP contribution in [0.2, 0.25) is 0 Å². The molecule has 0 bridgehead atoms.